The molecule has 1 aliphatic rings. The van der Waals surface area contributed by atoms with Crippen LogP contribution in [0.5, 0.6) is 5.75 Å². The number of carbonyl (C=O) groups excluding carboxylic acids is 2. The maximum atomic E-state index is 12.9. The Labute approximate surface area is 188 Å². The lowest BCUT2D eigenvalue weighted by Gasteiger charge is -2.08. The Hall–Kier alpha value is -3.92. The highest BCUT2D eigenvalue weighted by atomic mass is 32.1. The summed E-state index contributed by atoms with van der Waals surface area (Å²) < 4.78 is 5.18. The number of rotatable bonds is 6. The van der Waals surface area contributed by atoms with Crippen LogP contribution in [0.1, 0.15) is 13.8 Å². The third kappa shape index (κ3) is 4.54. The van der Waals surface area contributed by atoms with Crippen molar-refractivity contribution in [2.75, 3.05) is 17.4 Å². The number of hydrogen-bond donors (Lipinski definition) is 1. The highest BCUT2D eigenvalue weighted by Gasteiger charge is 2.36. The van der Waals surface area contributed by atoms with Crippen LogP contribution in [0.15, 0.2) is 69.2 Å². The van der Waals surface area contributed by atoms with Gasteiger partial charge >= 0.3 is 0 Å². The second kappa shape index (κ2) is 9.06. The van der Waals surface area contributed by atoms with E-state index in [4.69, 9.17) is 4.74 Å². The first kappa shape index (κ1) is 21.3. The van der Waals surface area contributed by atoms with Gasteiger partial charge in [-0.3, -0.25) is 9.59 Å². The molecule has 4 rings (SSSR count). The first-order chi connectivity index (χ1) is 15.4. The van der Waals surface area contributed by atoms with E-state index in [0.717, 1.165) is 17.0 Å². The molecule has 0 saturated carbocycles. The highest BCUT2D eigenvalue weighted by molar-refractivity contribution is 7.14. The van der Waals surface area contributed by atoms with Crippen LogP contribution in [-0.4, -0.2) is 35.7 Å². The molecule has 2 amide bonds. The fourth-order valence-corrected chi connectivity index (χ4v) is 3.81. The van der Waals surface area contributed by atoms with Crippen LogP contribution in [0, 0.1) is 0 Å². The van der Waals surface area contributed by atoms with Crippen molar-refractivity contribution < 1.29 is 14.3 Å². The number of hydrogen-bond acceptors (Lipinski definition) is 8. The van der Waals surface area contributed by atoms with E-state index in [1.807, 2.05) is 29.6 Å². The average Bonchev–Trinajstić information content (AvgIpc) is 3.38. The van der Waals surface area contributed by atoms with Gasteiger partial charge < -0.3 is 10.1 Å². The topological polar surface area (TPSA) is 109 Å². The molecule has 1 N–H and O–H groups in total. The van der Waals surface area contributed by atoms with E-state index in [1.54, 1.807) is 38.3 Å². The Balaban J connectivity index is 1.47. The molecule has 0 spiro atoms. The number of azo groups is 1. The van der Waals surface area contributed by atoms with Crippen LogP contribution in [0.4, 0.5) is 16.5 Å². The second-order valence-corrected chi connectivity index (χ2v) is 7.82. The van der Waals surface area contributed by atoms with Crippen molar-refractivity contribution in [1.29, 1.82) is 0 Å². The lowest BCUT2D eigenvalue weighted by Crippen LogP contribution is -2.29. The number of ether oxygens (including phenoxy) is 1. The maximum absolute atomic E-state index is 12.9. The van der Waals surface area contributed by atoms with Gasteiger partial charge in [-0.1, -0.05) is 0 Å². The number of methoxy groups -OCH3 is 1. The quantitative estimate of drug-likeness (QED) is 0.554. The fraction of sp³-hybridized carbons (Fsp3) is 0.182. The lowest BCUT2D eigenvalue weighted by molar-refractivity contribution is -0.118. The van der Waals surface area contributed by atoms with Crippen molar-refractivity contribution in [3.63, 3.8) is 0 Å². The zero-order valence-corrected chi connectivity index (χ0v) is 18.5. The highest BCUT2D eigenvalue weighted by Crippen LogP contribution is 2.31. The molecule has 0 bridgehead atoms. The predicted octanol–water partition coefficient (Wildman–Crippen LogP) is 4.65. The number of amides is 2. The molecule has 0 fully saturated rings. The van der Waals surface area contributed by atoms with Crippen molar-refractivity contribution in [2.24, 2.45) is 15.3 Å². The molecule has 0 unspecified atom stereocenters. The fourth-order valence-electron chi connectivity index (χ4n) is 3.02. The van der Waals surface area contributed by atoms with Crippen LogP contribution in [0.2, 0.25) is 0 Å². The van der Waals surface area contributed by atoms with Gasteiger partial charge in [0.15, 0.2) is 6.04 Å². The normalized spacial score (nSPS) is 15.8. The number of aromatic nitrogens is 1. The van der Waals surface area contributed by atoms with Crippen molar-refractivity contribution in [3.8, 4) is 17.0 Å². The Bertz CT molecular complexity index is 1200. The van der Waals surface area contributed by atoms with Gasteiger partial charge in [0.1, 0.15) is 5.75 Å². The van der Waals surface area contributed by atoms with Gasteiger partial charge in [-0.25, -0.2) is 4.98 Å². The Morgan fingerprint density at radius 3 is 2.53 bits per heavy atom. The first-order valence-corrected chi connectivity index (χ1v) is 10.6. The van der Waals surface area contributed by atoms with E-state index in [0.29, 0.717) is 22.2 Å². The maximum Gasteiger partial charge on any atom is 0.282 e. The van der Waals surface area contributed by atoms with Crippen LogP contribution in [0.3, 0.4) is 0 Å². The van der Waals surface area contributed by atoms with Gasteiger partial charge in [-0.15, -0.1) is 11.3 Å². The molecule has 0 saturated heterocycles. The zero-order valence-electron chi connectivity index (χ0n) is 17.6. The van der Waals surface area contributed by atoms with Crippen molar-refractivity contribution >= 4 is 45.4 Å². The van der Waals surface area contributed by atoms with Gasteiger partial charge in [0, 0.05) is 23.6 Å². The van der Waals surface area contributed by atoms with Crippen LogP contribution in [-0.2, 0) is 9.59 Å². The van der Waals surface area contributed by atoms with Crippen LogP contribution >= 0.6 is 11.3 Å². The van der Waals surface area contributed by atoms with E-state index in [1.165, 1.54) is 23.3 Å². The number of hydrazone groups is 1. The van der Waals surface area contributed by atoms with Crippen LogP contribution < -0.4 is 15.1 Å². The predicted molar refractivity (Wildman–Crippen MR) is 124 cm³/mol. The summed E-state index contributed by atoms with van der Waals surface area (Å²) in [5.74, 6) is 0.300. The molecule has 1 atom stereocenters. The molecule has 0 radical (unpaired) electrons. The molecule has 10 heteroatoms. The molecular weight excluding hydrogens is 428 g/mol. The van der Waals surface area contributed by atoms with E-state index in [-0.39, 0.29) is 11.8 Å². The molecule has 2 heterocycles. The van der Waals surface area contributed by atoms with Gasteiger partial charge in [0.2, 0.25) is 11.0 Å². The number of nitrogens with zero attached hydrogens (tertiary/aromatic N) is 5. The number of thiazole rings is 1. The number of anilines is 2. The molecule has 32 heavy (non-hydrogen) atoms. The zero-order chi connectivity index (χ0) is 22.7. The van der Waals surface area contributed by atoms with E-state index >= 15 is 0 Å². The summed E-state index contributed by atoms with van der Waals surface area (Å²) >= 11 is 1.33. The molecule has 3 aromatic rings. The van der Waals surface area contributed by atoms with E-state index < -0.39 is 6.04 Å². The Morgan fingerprint density at radius 1 is 1.16 bits per heavy atom. The molecule has 9 nitrogen and oxygen atoms in total. The van der Waals surface area contributed by atoms with Crippen molar-refractivity contribution in [2.45, 2.75) is 19.9 Å². The summed E-state index contributed by atoms with van der Waals surface area (Å²) in [6.45, 7) is 3.18. The summed E-state index contributed by atoms with van der Waals surface area (Å²) in [5, 5.41) is 19.0. The minimum absolute atomic E-state index is 0.153. The molecular formula is C22H20N6O3S. The Morgan fingerprint density at radius 2 is 1.88 bits per heavy atom. The molecule has 162 valence electrons. The van der Waals surface area contributed by atoms with Gasteiger partial charge in [-0.2, -0.15) is 20.3 Å². The van der Waals surface area contributed by atoms with E-state index in [2.05, 4.69) is 25.6 Å². The lowest BCUT2D eigenvalue weighted by atomic mass is 10.2. The van der Waals surface area contributed by atoms with Crippen molar-refractivity contribution in [1.82, 2.24) is 4.98 Å². The minimum Gasteiger partial charge on any atom is -0.497 e. The van der Waals surface area contributed by atoms with Gasteiger partial charge in [0.05, 0.1) is 24.2 Å². The third-order valence-electron chi connectivity index (χ3n) is 4.63. The summed E-state index contributed by atoms with van der Waals surface area (Å²) in [5.41, 5.74) is 3.43. The molecule has 0 aliphatic carbocycles. The summed E-state index contributed by atoms with van der Waals surface area (Å²) in [4.78, 5) is 28.6. The summed E-state index contributed by atoms with van der Waals surface area (Å²) in [6.07, 6.45) is 0. The van der Waals surface area contributed by atoms with Gasteiger partial charge in [0.25, 0.3) is 5.91 Å². The number of benzene rings is 2. The monoisotopic (exact) mass is 448 g/mol. The van der Waals surface area contributed by atoms with Crippen molar-refractivity contribution in [3.05, 3.63) is 53.9 Å². The second-order valence-electron chi connectivity index (χ2n) is 6.98. The summed E-state index contributed by atoms with van der Waals surface area (Å²) in [7, 11) is 1.61. The van der Waals surface area contributed by atoms with Gasteiger partial charge in [-0.05, 0) is 55.5 Å². The van der Waals surface area contributed by atoms with E-state index in [9.17, 15) is 9.59 Å². The Kier molecular flexibility index (Phi) is 6.04. The smallest absolute Gasteiger partial charge is 0.282 e. The minimum atomic E-state index is -0.807. The SMILES string of the molecule is COc1ccc(-c2csc(N3N=C(C)[C@@H](N=Nc4ccc(NC(C)=O)cc4)C3=O)n2)cc1. The standard InChI is InChI=1S/C22H20N6O3S/c1-13-20(26-25-17-8-6-16(7-9-17)23-14(2)29)21(30)28(27-13)22-24-19(12-32-22)15-4-10-18(31-3)11-5-15/h4-12,20H,1-3H3,(H,23,29)/t20-/m1/s1. The first-order valence-electron chi connectivity index (χ1n) is 9.72. The van der Waals surface area contributed by atoms with Crippen LogP contribution in [0.25, 0.3) is 11.3 Å². The molecule has 2 aromatic carbocycles. The molecule has 1 aromatic heterocycles. The average molecular weight is 449 g/mol. The number of nitrogens with one attached hydrogen (secondary N) is 1. The largest absolute Gasteiger partial charge is 0.497 e. The summed E-state index contributed by atoms with van der Waals surface area (Å²) in [6, 6.07) is 13.6. The third-order valence-corrected chi connectivity index (χ3v) is 5.45. The number of carbonyl (C=O) groups is 2. The molecule has 1 aliphatic heterocycles.